The first-order valence-corrected chi connectivity index (χ1v) is 6.63. The fraction of sp³-hybridized carbons (Fsp3) is 0.786. The Hall–Kier alpha value is -1.56. The third-order valence-corrected chi connectivity index (χ3v) is 4.24. The van der Waals surface area contributed by atoms with Gasteiger partial charge in [-0.05, 0) is 31.1 Å². The Morgan fingerprint density at radius 3 is 2.35 bits per heavy atom. The molecule has 3 nitrogen and oxygen atoms in total. The van der Waals surface area contributed by atoms with Crippen LogP contribution >= 0.6 is 0 Å². The van der Waals surface area contributed by atoms with Crippen LogP contribution in [0.15, 0.2) is 0 Å². The van der Waals surface area contributed by atoms with E-state index < -0.39 is 29.8 Å². The summed E-state index contributed by atoms with van der Waals surface area (Å²) in [5.74, 6) is -1.83. The normalized spacial score (nSPS) is 25.3. The van der Waals surface area contributed by atoms with Crippen LogP contribution in [0, 0.1) is 45.8 Å². The number of nitrogens with zero attached hydrogens (tertiary/aromatic N) is 2. The topological polar surface area (TPSA) is 64.7 Å². The molecule has 20 heavy (non-hydrogen) atoms. The summed E-state index contributed by atoms with van der Waals surface area (Å²) in [5, 5.41) is 18.7. The second kappa shape index (κ2) is 6.26. The monoisotopic (exact) mass is 286 g/mol. The van der Waals surface area contributed by atoms with Crippen molar-refractivity contribution in [1.82, 2.24) is 0 Å². The molecule has 0 heterocycles. The fourth-order valence-electron chi connectivity index (χ4n) is 3.10. The van der Waals surface area contributed by atoms with E-state index in [1.165, 1.54) is 6.92 Å². The molecule has 0 bridgehead atoms. The predicted octanol–water partition coefficient (Wildman–Crippen LogP) is 3.61. The van der Waals surface area contributed by atoms with E-state index >= 15 is 0 Å². The maximum absolute atomic E-state index is 12.5. The van der Waals surface area contributed by atoms with Gasteiger partial charge < -0.3 is 4.79 Å². The maximum Gasteiger partial charge on any atom is 0.389 e. The number of halogens is 3. The van der Waals surface area contributed by atoms with Crippen molar-refractivity contribution in [3.8, 4) is 12.1 Å². The van der Waals surface area contributed by atoms with Crippen LogP contribution in [0.5, 0.6) is 0 Å². The van der Waals surface area contributed by atoms with Crippen molar-refractivity contribution in [2.75, 3.05) is 0 Å². The summed E-state index contributed by atoms with van der Waals surface area (Å²) in [6.07, 6.45) is -2.59. The van der Waals surface area contributed by atoms with Gasteiger partial charge in [-0.3, -0.25) is 0 Å². The predicted molar refractivity (Wildman–Crippen MR) is 65.0 cm³/mol. The smallest absolute Gasteiger partial charge is 0.303 e. The van der Waals surface area contributed by atoms with Crippen LogP contribution in [0.1, 0.15) is 39.0 Å². The molecule has 0 aromatic carbocycles. The molecule has 6 heteroatoms. The second-order valence-corrected chi connectivity index (χ2v) is 5.57. The maximum atomic E-state index is 12.5. The van der Waals surface area contributed by atoms with Crippen LogP contribution in [0.4, 0.5) is 13.2 Å². The number of carbonyl (C=O) groups excluding carboxylic acids is 1. The summed E-state index contributed by atoms with van der Waals surface area (Å²) in [4.78, 5) is 10.9. The molecule has 1 rings (SSSR count). The van der Waals surface area contributed by atoms with E-state index in [0.29, 0.717) is 25.7 Å². The highest BCUT2D eigenvalue weighted by molar-refractivity contribution is 5.53. The Kier molecular flexibility index (Phi) is 5.16. The molecule has 1 aliphatic rings. The molecule has 0 saturated heterocycles. The fourth-order valence-corrected chi connectivity index (χ4v) is 3.10. The minimum atomic E-state index is -4.41. The van der Waals surface area contributed by atoms with Gasteiger partial charge in [-0.15, -0.1) is 0 Å². The molecule has 1 fully saturated rings. The first-order valence-electron chi connectivity index (χ1n) is 6.63. The molecule has 0 aromatic rings. The average molecular weight is 286 g/mol. The van der Waals surface area contributed by atoms with E-state index in [1.54, 1.807) is 0 Å². The first kappa shape index (κ1) is 16.5. The summed E-state index contributed by atoms with van der Waals surface area (Å²) in [6.45, 7) is 1.30. The second-order valence-electron chi connectivity index (χ2n) is 5.57. The Morgan fingerprint density at radius 1 is 1.30 bits per heavy atom. The van der Waals surface area contributed by atoms with Crippen molar-refractivity contribution in [3.05, 3.63) is 0 Å². The van der Waals surface area contributed by atoms with E-state index in [1.807, 2.05) is 12.1 Å². The Morgan fingerprint density at radius 2 is 1.90 bits per heavy atom. The Bertz CT molecular complexity index is 419. The molecule has 110 valence electrons. The van der Waals surface area contributed by atoms with Gasteiger partial charge in [0.05, 0.1) is 12.1 Å². The molecule has 0 aliphatic heterocycles. The van der Waals surface area contributed by atoms with E-state index in [-0.39, 0.29) is 5.92 Å². The third kappa shape index (κ3) is 3.50. The minimum absolute atomic E-state index is 0.257. The molecule has 0 amide bonds. The van der Waals surface area contributed by atoms with Crippen molar-refractivity contribution in [2.45, 2.75) is 45.2 Å². The van der Waals surface area contributed by atoms with Gasteiger partial charge in [0.25, 0.3) is 0 Å². The summed E-state index contributed by atoms with van der Waals surface area (Å²) in [7, 11) is 0. The molecule has 0 spiro atoms. The highest BCUT2D eigenvalue weighted by atomic mass is 19.4. The first-order chi connectivity index (χ1) is 9.29. The van der Waals surface area contributed by atoms with E-state index in [4.69, 9.17) is 0 Å². The molecule has 0 radical (unpaired) electrons. The molecular weight excluding hydrogens is 269 g/mol. The van der Waals surface area contributed by atoms with Crippen molar-refractivity contribution >= 4 is 6.29 Å². The zero-order valence-corrected chi connectivity index (χ0v) is 11.3. The van der Waals surface area contributed by atoms with Crippen molar-refractivity contribution in [2.24, 2.45) is 23.2 Å². The molecule has 1 aliphatic carbocycles. The number of hydrogen-bond donors (Lipinski definition) is 0. The van der Waals surface area contributed by atoms with E-state index in [0.717, 1.165) is 6.29 Å². The lowest BCUT2D eigenvalue weighted by Gasteiger charge is -2.38. The zero-order valence-electron chi connectivity index (χ0n) is 11.3. The third-order valence-electron chi connectivity index (χ3n) is 4.24. The summed E-state index contributed by atoms with van der Waals surface area (Å²) in [5.41, 5.74) is -1.67. The Balaban J connectivity index is 3.00. The van der Waals surface area contributed by atoms with Crippen LogP contribution in [0.3, 0.4) is 0 Å². The number of aldehydes is 1. The number of rotatable bonds is 4. The molecule has 1 saturated carbocycles. The SMILES string of the molecule is CC(CC(F)(F)F)C(C#N)(C#N)[C@H]1CCC[C@@H](C=O)C1. The highest BCUT2D eigenvalue weighted by Crippen LogP contribution is 2.47. The number of alkyl halides is 3. The van der Waals surface area contributed by atoms with Crippen LogP contribution < -0.4 is 0 Å². The van der Waals surface area contributed by atoms with Gasteiger partial charge >= 0.3 is 6.18 Å². The van der Waals surface area contributed by atoms with Crippen LogP contribution in [0.25, 0.3) is 0 Å². The van der Waals surface area contributed by atoms with Gasteiger partial charge in [0.2, 0.25) is 0 Å². The standard InChI is InChI=1S/C14H17F3N2O/c1-10(6-14(15,16)17)13(8-18,9-19)12-4-2-3-11(5-12)7-20/h7,10-12H,2-6H2,1H3/t10?,11-,12+/m1/s1. The average Bonchev–Trinajstić information content (AvgIpc) is 2.39. The summed E-state index contributed by atoms with van der Waals surface area (Å²) < 4.78 is 37.6. The molecule has 3 atom stereocenters. The van der Waals surface area contributed by atoms with E-state index in [2.05, 4.69) is 0 Å². The zero-order chi connectivity index (χ0) is 15.4. The van der Waals surface area contributed by atoms with Gasteiger partial charge in [-0.25, -0.2) is 0 Å². The van der Waals surface area contributed by atoms with E-state index in [9.17, 15) is 28.5 Å². The van der Waals surface area contributed by atoms with Gasteiger partial charge in [0.15, 0.2) is 0 Å². The quantitative estimate of drug-likeness (QED) is 0.741. The molecule has 0 aromatic heterocycles. The number of nitriles is 2. The lowest BCUT2D eigenvalue weighted by molar-refractivity contribution is -0.150. The lowest BCUT2D eigenvalue weighted by Crippen LogP contribution is -2.39. The largest absolute Gasteiger partial charge is 0.389 e. The summed E-state index contributed by atoms with van der Waals surface area (Å²) in [6, 6.07) is 3.65. The van der Waals surface area contributed by atoms with Crippen LogP contribution in [-0.4, -0.2) is 12.5 Å². The van der Waals surface area contributed by atoms with Crippen molar-refractivity contribution < 1.29 is 18.0 Å². The lowest BCUT2D eigenvalue weighted by atomic mass is 9.62. The summed E-state index contributed by atoms with van der Waals surface area (Å²) >= 11 is 0. The van der Waals surface area contributed by atoms with Gasteiger partial charge in [0, 0.05) is 12.3 Å². The molecular formula is C14H17F3N2O. The van der Waals surface area contributed by atoms with Crippen molar-refractivity contribution in [1.29, 1.82) is 10.5 Å². The van der Waals surface area contributed by atoms with Crippen LogP contribution in [0.2, 0.25) is 0 Å². The van der Waals surface area contributed by atoms with Gasteiger partial charge in [-0.1, -0.05) is 13.3 Å². The molecule has 1 unspecified atom stereocenters. The van der Waals surface area contributed by atoms with Gasteiger partial charge in [-0.2, -0.15) is 23.7 Å². The van der Waals surface area contributed by atoms with Gasteiger partial charge in [0.1, 0.15) is 11.7 Å². The Labute approximate surface area is 116 Å². The minimum Gasteiger partial charge on any atom is -0.303 e. The highest BCUT2D eigenvalue weighted by Gasteiger charge is 2.49. The van der Waals surface area contributed by atoms with Crippen LogP contribution in [-0.2, 0) is 4.79 Å². The van der Waals surface area contributed by atoms with Crippen molar-refractivity contribution in [3.63, 3.8) is 0 Å². The number of hydrogen-bond acceptors (Lipinski definition) is 3. The number of carbonyl (C=O) groups is 1. The molecule has 0 N–H and O–H groups in total.